The molecule has 2 atom stereocenters. The summed E-state index contributed by atoms with van der Waals surface area (Å²) < 4.78 is 18.8. The van der Waals surface area contributed by atoms with Gasteiger partial charge in [0.1, 0.15) is 17.3 Å². The lowest BCUT2D eigenvalue weighted by molar-refractivity contribution is 0.0718. The van der Waals surface area contributed by atoms with Crippen LogP contribution in [-0.4, -0.2) is 78.2 Å². The molecule has 1 aromatic heterocycles. The van der Waals surface area contributed by atoms with Gasteiger partial charge in [0.2, 0.25) is 0 Å². The molecule has 0 radical (unpaired) electrons. The normalized spacial score (nSPS) is 20.0. The van der Waals surface area contributed by atoms with Crippen LogP contribution in [0.5, 0.6) is 0 Å². The van der Waals surface area contributed by atoms with E-state index >= 15 is 0 Å². The third kappa shape index (κ3) is 5.24. The molecule has 2 fully saturated rings. The highest BCUT2D eigenvalue weighted by Crippen LogP contribution is 2.28. The number of carbonyl (C=O) groups excluding carboxylic acids is 1. The Morgan fingerprint density at radius 2 is 2.00 bits per heavy atom. The minimum atomic E-state index is -0.276. The summed E-state index contributed by atoms with van der Waals surface area (Å²) in [4.78, 5) is 26.6. The number of methoxy groups -OCH3 is 1. The number of anilines is 1. The number of benzene rings is 1. The first-order valence-electron chi connectivity index (χ1n) is 11.5. The fraction of sp³-hybridized carbons (Fsp3) is 0.542. The van der Waals surface area contributed by atoms with Gasteiger partial charge in [-0.1, -0.05) is 19.1 Å². The van der Waals surface area contributed by atoms with E-state index in [1.165, 1.54) is 25.0 Å². The molecule has 1 unspecified atom stereocenters. The first-order valence-corrected chi connectivity index (χ1v) is 11.5. The van der Waals surface area contributed by atoms with Gasteiger partial charge in [-0.05, 0) is 50.0 Å². The summed E-state index contributed by atoms with van der Waals surface area (Å²) in [5, 5.41) is 3.42. The molecule has 0 aliphatic carbocycles. The summed E-state index contributed by atoms with van der Waals surface area (Å²) in [6.45, 7) is 7.20. The first kappa shape index (κ1) is 22.6. The zero-order valence-corrected chi connectivity index (χ0v) is 18.9. The Balaban J connectivity index is 1.55. The number of carbonyl (C=O) groups is 1. The maximum Gasteiger partial charge on any atom is 0.274 e. The fourth-order valence-electron chi connectivity index (χ4n) is 4.46. The van der Waals surface area contributed by atoms with Crippen molar-refractivity contribution in [2.24, 2.45) is 0 Å². The summed E-state index contributed by atoms with van der Waals surface area (Å²) in [6.07, 6.45) is 4.95. The van der Waals surface area contributed by atoms with E-state index in [0.717, 1.165) is 38.2 Å². The highest BCUT2D eigenvalue weighted by atomic mass is 19.1. The number of nitrogens with one attached hydrogen (secondary N) is 1. The van der Waals surface area contributed by atoms with E-state index in [0.29, 0.717) is 30.3 Å². The van der Waals surface area contributed by atoms with Gasteiger partial charge in [-0.2, -0.15) is 0 Å². The average molecular weight is 442 g/mol. The Kier molecular flexibility index (Phi) is 7.32. The third-order valence-electron chi connectivity index (χ3n) is 6.48. The Morgan fingerprint density at radius 3 is 2.69 bits per heavy atom. The Bertz CT molecular complexity index is 917. The fourth-order valence-corrected chi connectivity index (χ4v) is 4.46. The molecule has 32 heavy (non-hydrogen) atoms. The molecule has 2 aliphatic rings. The van der Waals surface area contributed by atoms with Gasteiger partial charge in [-0.25, -0.2) is 14.4 Å². The summed E-state index contributed by atoms with van der Waals surface area (Å²) >= 11 is 0. The zero-order valence-electron chi connectivity index (χ0n) is 18.9. The number of hydrogen-bond donors (Lipinski definition) is 1. The van der Waals surface area contributed by atoms with Crippen molar-refractivity contribution in [3.8, 4) is 0 Å². The highest BCUT2D eigenvalue weighted by molar-refractivity contribution is 5.92. The second-order valence-electron chi connectivity index (χ2n) is 8.64. The van der Waals surface area contributed by atoms with Crippen molar-refractivity contribution in [3.05, 3.63) is 53.2 Å². The van der Waals surface area contributed by atoms with Crippen molar-refractivity contribution in [2.45, 2.75) is 38.2 Å². The van der Waals surface area contributed by atoms with Gasteiger partial charge in [-0.3, -0.25) is 4.79 Å². The Morgan fingerprint density at radius 1 is 1.25 bits per heavy atom. The third-order valence-corrected chi connectivity index (χ3v) is 6.48. The molecular weight excluding hydrogens is 409 g/mol. The van der Waals surface area contributed by atoms with Crippen LogP contribution < -0.4 is 5.32 Å². The molecule has 2 saturated heterocycles. The van der Waals surface area contributed by atoms with Crippen LogP contribution >= 0.6 is 0 Å². The zero-order chi connectivity index (χ0) is 22.5. The predicted molar refractivity (Wildman–Crippen MR) is 121 cm³/mol. The molecule has 172 valence electrons. The van der Waals surface area contributed by atoms with Gasteiger partial charge in [0.25, 0.3) is 5.91 Å². The van der Waals surface area contributed by atoms with Gasteiger partial charge < -0.3 is 19.9 Å². The lowest BCUT2D eigenvalue weighted by Crippen LogP contribution is -2.31. The number of ether oxygens (including phenoxy) is 1. The van der Waals surface area contributed by atoms with Crippen molar-refractivity contribution in [1.29, 1.82) is 0 Å². The van der Waals surface area contributed by atoms with Crippen molar-refractivity contribution >= 4 is 11.7 Å². The molecule has 2 aliphatic heterocycles. The molecule has 1 aromatic carbocycles. The number of nitrogens with zero attached hydrogens (tertiary/aromatic N) is 4. The monoisotopic (exact) mass is 441 g/mol. The molecule has 1 N–H and O–H groups in total. The molecule has 0 bridgehead atoms. The quantitative estimate of drug-likeness (QED) is 0.679. The van der Waals surface area contributed by atoms with E-state index in [9.17, 15) is 9.18 Å². The van der Waals surface area contributed by atoms with Gasteiger partial charge in [0.15, 0.2) is 0 Å². The second-order valence-corrected chi connectivity index (χ2v) is 8.64. The number of aromatic nitrogens is 2. The Labute approximate surface area is 189 Å². The second kappa shape index (κ2) is 10.4. The number of likely N-dealkylation sites (tertiary alicyclic amines) is 2. The maximum absolute atomic E-state index is 13.4. The average Bonchev–Trinajstić information content (AvgIpc) is 3.51. The topological polar surface area (TPSA) is 70.6 Å². The summed E-state index contributed by atoms with van der Waals surface area (Å²) in [7, 11) is 1.67. The van der Waals surface area contributed by atoms with Crippen LogP contribution in [0.2, 0.25) is 0 Å². The minimum absolute atomic E-state index is 0.0658. The molecule has 2 aromatic rings. The minimum Gasteiger partial charge on any atom is -0.380 e. The summed E-state index contributed by atoms with van der Waals surface area (Å²) in [6, 6.07) is 6.41. The van der Waals surface area contributed by atoms with Crippen molar-refractivity contribution in [3.63, 3.8) is 0 Å². The van der Waals surface area contributed by atoms with E-state index in [1.54, 1.807) is 30.3 Å². The van der Waals surface area contributed by atoms with Crippen molar-refractivity contribution in [2.75, 3.05) is 51.7 Å². The predicted octanol–water partition coefficient (Wildman–Crippen LogP) is 3.14. The molecule has 0 saturated carbocycles. The van der Waals surface area contributed by atoms with Crippen LogP contribution in [0.15, 0.2) is 30.5 Å². The van der Waals surface area contributed by atoms with Gasteiger partial charge >= 0.3 is 0 Å². The summed E-state index contributed by atoms with van der Waals surface area (Å²) in [5.74, 6) is 0.124. The summed E-state index contributed by atoms with van der Waals surface area (Å²) in [5.41, 5.74) is 1.95. The van der Waals surface area contributed by atoms with Gasteiger partial charge in [0, 0.05) is 39.2 Å². The van der Waals surface area contributed by atoms with E-state index < -0.39 is 0 Å². The van der Waals surface area contributed by atoms with Crippen LogP contribution in [0.4, 0.5) is 10.2 Å². The van der Waals surface area contributed by atoms with Crippen LogP contribution in [0.1, 0.15) is 53.8 Å². The lowest BCUT2D eigenvalue weighted by Gasteiger charge is -2.20. The van der Waals surface area contributed by atoms with Crippen molar-refractivity contribution < 1.29 is 13.9 Å². The number of hydrogen-bond acceptors (Lipinski definition) is 6. The van der Waals surface area contributed by atoms with E-state index in [2.05, 4.69) is 15.2 Å². The van der Waals surface area contributed by atoms with Crippen LogP contribution in [0, 0.1) is 5.82 Å². The van der Waals surface area contributed by atoms with Crippen LogP contribution in [0.3, 0.4) is 0 Å². The first-order chi connectivity index (χ1) is 15.5. The van der Waals surface area contributed by atoms with Crippen LogP contribution in [0.25, 0.3) is 0 Å². The SMILES string of the molecule is CO[C@H]1CCN(C(=O)c2cnc(NCCN3CCCC3)c(C(C)c3ccc(F)cc3)n2)C1. The molecule has 8 heteroatoms. The molecule has 0 spiro atoms. The molecule has 1 amide bonds. The van der Waals surface area contributed by atoms with E-state index in [-0.39, 0.29) is 23.7 Å². The molecular formula is C24H32FN5O2. The number of rotatable bonds is 8. The number of halogens is 1. The number of amides is 1. The van der Waals surface area contributed by atoms with E-state index in [4.69, 9.17) is 9.72 Å². The maximum atomic E-state index is 13.4. The smallest absolute Gasteiger partial charge is 0.274 e. The van der Waals surface area contributed by atoms with Crippen LogP contribution in [-0.2, 0) is 4.74 Å². The standard InChI is InChI=1S/C24H32FN5O2/c1-17(18-5-7-19(25)8-6-18)22-23(26-10-14-29-11-3-4-12-29)27-15-21(28-22)24(31)30-13-9-20(16-30)32-2/h5-8,15,17,20H,3-4,9-14,16H2,1-2H3,(H,26,27)/t17?,20-/m0/s1. The molecule has 3 heterocycles. The molecule has 4 rings (SSSR count). The van der Waals surface area contributed by atoms with E-state index in [1.807, 2.05) is 6.92 Å². The van der Waals surface area contributed by atoms with Gasteiger partial charge in [-0.15, -0.1) is 0 Å². The van der Waals surface area contributed by atoms with Crippen molar-refractivity contribution in [1.82, 2.24) is 19.8 Å². The molecule has 7 nitrogen and oxygen atoms in total. The lowest BCUT2D eigenvalue weighted by atomic mass is 9.97. The largest absolute Gasteiger partial charge is 0.380 e. The van der Waals surface area contributed by atoms with Gasteiger partial charge in [0.05, 0.1) is 18.0 Å². The highest BCUT2D eigenvalue weighted by Gasteiger charge is 2.29. The Hall–Kier alpha value is -2.58.